The van der Waals surface area contributed by atoms with Crippen molar-refractivity contribution < 1.29 is 9.90 Å². The van der Waals surface area contributed by atoms with Gasteiger partial charge in [0.05, 0.1) is 11.8 Å². The molecule has 1 N–H and O–H groups in total. The third kappa shape index (κ3) is 3.36. The quantitative estimate of drug-likeness (QED) is 0.667. The van der Waals surface area contributed by atoms with E-state index in [-0.39, 0.29) is 5.75 Å². The first kappa shape index (κ1) is 9.31. The molecule has 0 spiro atoms. The summed E-state index contributed by atoms with van der Waals surface area (Å²) in [5, 5.41) is 16.2. The molecule has 0 aliphatic heterocycles. The molecular formula is C6H9NO2S. The van der Waals surface area contributed by atoms with Gasteiger partial charge in [0, 0.05) is 0 Å². The van der Waals surface area contributed by atoms with E-state index >= 15 is 0 Å². The van der Waals surface area contributed by atoms with Crippen molar-refractivity contribution in [3.05, 3.63) is 0 Å². The highest BCUT2D eigenvalue weighted by Crippen LogP contribution is 2.13. The minimum atomic E-state index is -0.831. The summed E-state index contributed by atoms with van der Waals surface area (Å²) in [7, 11) is 0. The number of nitrogens with zero attached hydrogens (tertiary/aromatic N) is 1. The van der Waals surface area contributed by atoms with Crippen LogP contribution >= 0.6 is 11.8 Å². The molecule has 0 fully saturated rings. The molecule has 0 aromatic carbocycles. The molecule has 0 aromatic rings. The summed E-state index contributed by atoms with van der Waals surface area (Å²) in [4.78, 5) is 10.3. The van der Waals surface area contributed by atoms with Crippen molar-refractivity contribution >= 4 is 17.7 Å². The van der Waals surface area contributed by atoms with E-state index in [0.29, 0.717) is 6.42 Å². The first-order valence-corrected chi connectivity index (χ1v) is 3.98. The Balaban J connectivity index is 3.63. The zero-order valence-electron chi connectivity index (χ0n) is 5.70. The van der Waals surface area contributed by atoms with E-state index in [0.717, 1.165) is 0 Å². The van der Waals surface area contributed by atoms with Gasteiger partial charge in [0.2, 0.25) is 0 Å². The van der Waals surface area contributed by atoms with E-state index in [1.54, 1.807) is 6.92 Å². The molecule has 10 heavy (non-hydrogen) atoms. The zero-order chi connectivity index (χ0) is 7.98. The molecular weight excluding hydrogens is 150 g/mol. The standard InChI is InChI=1S/C6H9NO2S/c1-2-5(6(8)9)10-4-3-7/h5H,2,4H2,1H3,(H,8,9). The Labute approximate surface area is 64.0 Å². The number of carboxylic acid groups (broad SMARTS) is 1. The summed E-state index contributed by atoms with van der Waals surface area (Å²) in [6, 6.07) is 1.89. The van der Waals surface area contributed by atoms with Crippen molar-refractivity contribution in [2.75, 3.05) is 5.75 Å². The van der Waals surface area contributed by atoms with Gasteiger partial charge in [-0.25, -0.2) is 0 Å². The van der Waals surface area contributed by atoms with Crippen LogP contribution in [-0.4, -0.2) is 22.1 Å². The second-order valence-corrected chi connectivity index (χ2v) is 2.90. The second kappa shape index (κ2) is 5.12. The van der Waals surface area contributed by atoms with Gasteiger partial charge in [0.1, 0.15) is 5.25 Å². The van der Waals surface area contributed by atoms with Gasteiger partial charge in [-0.2, -0.15) is 5.26 Å². The third-order valence-electron chi connectivity index (χ3n) is 0.995. The molecule has 0 bridgehead atoms. The zero-order valence-corrected chi connectivity index (χ0v) is 6.52. The van der Waals surface area contributed by atoms with Crippen molar-refractivity contribution in [1.29, 1.82) is 5.26 Å². The average molecular weight is 159 g/mol. The van der Waals surface area contributed by atoms with Crippen molar-refractivity contribution in [2.45, 2.75) is 18.6 Å². The van der Waals surface area contributed by atoms with Gasteiger partial charge in [-0.1, -0.05) is 6.92 Å². The SMILES string of the molecule is CCC(SCC#N)C(=O)O. The number of carboxylic acids is 1. The number of rotatable bonds is 4. The van der Waals surface area contributed by atoms with Crippen molar-refractivity contribution in [3.8, 4) is 6.07 Å². The highest BCUT2D eigenvalue weighted by atomic mass is 32.2. The van der Waals surface area contributed by atoms with Crippen LogP contribution in [0.2, 0.25) is 0 Å². The predicted molar refractivity (Wildman–Crippen MR) is 39.8 cm³/mol. The van der Waals surface area contributed by atoms with E-state index in [9.17, 15) is 4.79 Å². The molecule has 0 rings (SSSR count). The molecule has 0 saturated heterocycles. The molecule has 0 amide bonds. The average Bonchev–Trinajstić information content (AvgIpc) is 1.89. The Morgan fingerprint density at radius 3 is 2.80 bits per heavy atom. The predicted octanol–water partition coefficient (Wildman–Crippen LogP) is 1.11. The molecule has 0 aliphatic carbocycles. The van der Waals surface area contributed by atoms with Gasteiger partial charge < -0.3 is 5.11 Å². The van der Waals surface area contributed by atoms with E-state index in [2.05, 4.69) is 0 Å². The Bertz CT molecular complexity index is 152. The lowest BCUT2D eigenvalue weighted by atomic mass is 10.3. The van der Waals surface area contributed by atoms with Gasteiger partial charge in [-0.3, -0.25) is 4.79 Å². The fraction of sp³-hybridized carbons (Fsp3) is 0.667. The van der Waals surface area contributed by atoms with Crippen LogP contribution in [0.3, 0.4) is 0 Å². The maximum absolute atomic E-state index is 10.3. The lowest BCUT2D eigenvalue weighted by Crippen LogP contribution is -2.15. The van der Waals surface area contributed by atoms with Crippen LogP contribution in [0.5, 0.6) is 0 Å². The maximum atomic E-state index is 10.3. The highest BCUT2D eigenvalue weighted by molar-refractivity contribution is 8.00. The number of hydrogen-bond donors (Lipinski definition) is 1. The molecule has 4 heteroatoms. The van der Waals surface area contributed by atoms with Crippen LogP contribution in [0.15, 0.2) is 0 Å². The van der Waals surface area contributed by atoms with Gasteiger partial charge in [0.25, 0.3) is 0 Å². The summed E-state index contributed by atoms with van der Waals surface area (Å²) in [5.74, 6) is -0.576. The largest absolute Gasteiger partial charge is 0.480 e. The Kier molecular flexibility index (Phi) is 4.77. The van der Waals surface area contributed by atoms with E-state index < -0.39 is 11.2 Å². The molecule has 0 radical (unpaired) electrons. The molecule has 0 aliphatic rings. The minimum absolute atomic E-state index is 0.255. The number of carbonyl (C=O) groups is 1. The molecule has 3 nitrogen and oxygen atoms in total. The van der Waals surface area contributed by atoms with E-state index in [4.69, 9.17) is 10.4 Å². The third-order valence-corrected chi connectivity index (χ3v) is 2.23. The van der Waals surface area contributed by atoms with Gasteiger partial charge in [-0.15, -0.1) is 11.8 Å². The van der Waals surface area contributed by atoms with E-state index in [1.165, 1.54) is 11.8 Å². The monoisotopic (exact) mass is 159 g/mol. The summed E-state index contributed by atoms with van der Waals surface area (Å²) in [6.45, 7) is 1.79. The second-order valence-electron chi connectivity index (χ2n) is 1.70. The first-order chi connectivity index (χ1) is 4.72. The van der Waals surface area contributed by atoms with E-state index in [1.807, 2.05) is 6.07 Å². The van der Waals surface area contributed by atoms with Crippen LogP contribution in [0, 0.1) is 11.3 Å². The Morgan fingerprint density at radius 1 is 1.90 bits per heavy atom. The van der Waals surface area contributed by atoms with Crippen molar-refractivity contribution in [3.63, 3.8) is 0 Å². The van der Waals surface area contributed by atoms with Crippen LogP contribution < -0.4 is 0 Å². The summed E-state index contributed by atoms with van der Waals surface area (Å²) in [6.07, 6.45) is 0.571. The van der Waals surface area contributed by atoms with Gasteiger partial charge in [0.15, 0.2) is 0 Å². The summed E-state index contributed by atoms with van der Waals surface area (Å²) >= 11 is 1.17. The van der Waals surface area contributed by atoms with Crippen LogP contribution in [0.25, 0.3) is 0 Å². The van der Waals surface area contributed by atoms with Crippen LogP contribution in [0.1, 0.15) is 13.3 Å². The Hall–Kier alpha value is -0.690. The highest BCUT2D eigenvalue weighted by Gasteiger charge is 2.13. The number of aliphatic carboxylic acids is 1. The molecule has 1 unspecified atom stereocenters. The number of hydrogen-bond acceptors (Lipinski definition) is 3. The van der Waals surface area contributed by atoms with Crippen LogP contribution in [-0.2, 0) is 4.79 Å². The number of thioether (sulfide) groups is 1. The smallest absolute Gasteiger partial charge is 0.316 e. The molecule has 0 saturated carbocycles. The summed E-state index contributed by atoms with van der Waals surface area (Å²) < 4.78 is 0. The normalized spacial score (nSPS) is 12.0. The first-order valence-electron chi connectivity index (χ1n) is 2.93. The number of nitriles is 1. The van der Waals surface area contributed by atoms with Gasteiger partial charge >= 0.3 is 5.97 Å². The fourth-order valence-electron chi connectivity index (χ4n) is 0.502. The summed E-state index contributed by atoms with van der Waals surface area (Å²) in [5.41, 5.74) is 0. The van der Waals surface area contributed by atoms with Crippen LogP contribution in [0.4, 0.5) is 0 Å². The Morgan fingerprint density at radius 2 is 2.50 bits per heavy atom. The molecule has 1 atom stereocenters. The minimum Gasteiger partial charge on any atom is -0.480 e. The fourth-order valence-corrected chi connectivity index (χ4v) is 1.16. The van der Waals surface area contributed by atoms with Crippen molar-refractivity contribution in [2.24, 2.45) is 0 Å². The molecule has 0 heterocycles. The molecule has 56 valence electrons. The lowest BCUT2D eigenvalue weighted by Gasteiger charge is -2.04. The maximum Gasteiger partial charge on any atom is 0.316 e. The van der Waals surface area contributed by atoms with Gasteiger partial charge in [-0.05, 0) is 6.42 Å². The molecule has 0 aromatic heterocycles. The van der Waals surface area contributed by atoms with Crippen molar-refractivity contribution in [1.82, 2.24) is 0 Å². The lowest BCUT2D eigenvalue weighted by molar-refractivity contribution is -0.136. The topological polar surface area (TPSA) is 61.1 Å².